The minimum atomic E-state index is -3.79. The zero-order chi connectivity index (χ0) is 14.8. The van der Waals surface area contributed by atoms with Crippen molar-refractivity contribution in [3.05, 3.63) is 34.6 Å². The van der Waals surface area contributed by atoms with Crippen molar-refractivity contribution >= 4 is 31.6 Å². The first-order valence-corrected chi connectivity index (χ1v) is 7.76. The second kappa shape index (κ2) is 5.85. The second-order valence-corrected chi connectivity index (χ2v) is 6.47. The van der Waals surface area contributed by atoms with Crippen molar-refractivity contribution in [2.45, 2.75) is 11.3 Å². The number of aromatic amines is 1. The molecule has 7 nitrogen and oxygen atoms in total. The predicted octanol–water partition coefficient (Wildman–Crippen LogP) is 0.809. The Hall–Kier alpha value is -1.52. The summed E-state index contributed by atoms with van der Waals surface area (Å²) in [4.78, 5) is 3.75. The fourth-order valence-electron chi connectivity index (χ4n) is 1.48. The normalized spacial score (nSPS) is 11.7. The number of H-pyrrole nitrogens is 1. The van der Waals surface area contributed by atoms with Crippen LogP contribution in [0.2, 0.25) is 0 Å². The molecule has 20 heavy (non-hydrogen) atoms. The summed E-state index contributed by atoms with van der Waals surface area (Å²) in [6, 6.07) is 2.08. The number of nitrogen functional groups attached to an aromatic ring is 1. The SMILES string of the molecule is Nc1cc(S(=O)(=O)NCCc2ncn[nH]2)c(Br)cc1F. The van der Waals surface area contributed by atoms with Gasteiger partial charge in [-0.3, -0.25) is 5.10 Å². The number of rotatable bonds is 5. The lowest BCUT2D eigenvalue weighted by Crippen LogP contribution is -2.26. The van der Waals surface area contributed by atoms with E-state index in [0.717, 1.165) is 12.1 Å². The molecule has 0 aliphatic heterocycles. The Balaban J connectivity index is 2.12. The Labute approximate surface area is 123 Å². The predicted molar refractivity (Wildman–Crippen MR) is 73.8 cm³/mol. The van der Waals surface area contributed by atoms with E-state index >= 15 is 0 Å². The Kier molecular flexibility index (Phi) is 4.35. The van der Waals surface area contributed by atoms with Gasteiger partial charge in [0.2, 0.25) is 10.0 Å². The van der Waals surface area contributed by atoms with E-state index < -0.39 is 15.8 Å². The second-order valence-electron chi connectivity index (χ2n) is 3.88. The smallest absolute Gasteiger partial charge is 0.241 e. The summed E-state index contributed by atoms with van der Waals surface area (Å²) >= 11 is 3.00. The van der Waals surface area contributed by atoms with Crippen molar-refractivity contribution in [2.24, 2.45) is 0 Å². The van der Waals surface area contributed by atoms with E-state index in [-0.39, 0.29) is 21.6 Å². The van der Waals surface area contributed by atoms with Crippen molar-refractivity contribution in [2.75, 3.05) is 12.3 Å². The molecule has 0 aliphatic rings. The van der Waals surface area contributed by atoms with Gasteiger partial charge in [0.1, 0.15) is 18.0 Å². The summed E-state index contributed by atoms with van der Waals surface area (Å²) in [5.74, 6) is -0.122. The summed E-state index contributed by atoms with van der Waals surface area (Å²) in [6.07, 6.45) is 1.69. The summed E-state index contributed by atoms with van der Waals surface area (Å²) in [5.41, 5.74) is 5.15. The van der Waals surface area contributed by atoms with Gasteiger partial charge in [-0.1, -0.05) is 0 Å². The number of nitrogens with zero attached hydrogens (tertiary/aromatic N) is 2. The van der Waals surface area contributed by atoms with Gasteiger partial charge >= 0.3 is 0 Å². The number of nitrogens with two attached hydrogens (primary N) is 1. The molecular formula is C10H11BrFN5O2S. The largest absolute Gasteiger partial charge is 0.396 e. The molecule has 1 aromatic carbocycles. The molecule has 4 N–H and O–H groups in total. The van der Waals surface area contributed by atoms with Crippen molar-refractivity contribution in [3.63, 3.8) is 0 Å². The molecule has 0 radical (unpaired) electrons. The fourth-order valence-corrected chi connectivity index (χ4v) is 3.56. The van der Waals surface area contributed by atoms with E-state index in [1.165, 1.54) is 6.33 Å². The van der Waals surface area contributed by atoms with Crippen LogP contribution in [0.3, 0.4) is 0 Å². The molecule has 0 spiro atoms. The molecule has 0 fully saturated rings. The molecule has 0 atom stereocenters. The quantitative estimate of drug-likeness (QED) is 0.680. The Morgan fingerprint density at radius 1 is 1.45 bits per heavy atom. The van der Waals surface area contributed by atoms with Gasteiger partial charge in [0.25, 0.3) is 0 Å². The molecule has 0 amide bonds. The number of hydrogen-bond acceptors (Lipinski definition) is 5. The molecule has 1 aromatic heterocycles. The molecule has 0 saturated heterocycles. The summed E-state index contributed by atoms with van der Waals surface area (Å²) in [7, 11) is -3.79. The number of anilines is 1. The van der Waals surface area contributed by atoms with Crippen LogP contribution in [0.4, 0.5) is 10.1 Å². The zero-order valence-electron chi connectivity index (χ0n) is 10.1. The average molecular weight is 364 g/mol. The van der Waals surface area contributed by atoms with Gasteiger partial charge in [0.05, 0.1) is 10.6 Å². The molecule has 0 saturated carbocycles. The highest BCUT2D eigenvalue weighted by atomic mass is 79.9. The van der Waals surface area contributed by atoms with Gasteiger partial charge in [0, 0.05) is 17.4 Å². The standard InChI is InChI=1S/C10H11BrFN5O2S/c11-6-3-7(12)8(13)4-9(6)20(18,19)16-2-1-10-14-5-15-17-10/h3-5,16H,1-2,13H2,(H,14,15,17). The molecule has 1 heterocycles. The van der Waals surface area contributed by atoms with Crippen LogP contribution in [0.25, 0.3) is 0 Å². The van der Waals surface area contributed by atoms with Gasteiger partial charge in [-0.2, -0.15) is 5.10 Å². The third kappa shape index (κ3) is 3.32. The molecule has 2 rings (SSSR count). The molecule has 0 aliphatic carbocycles. The minimum Gasteiger partial charge on any atom is -0.396 e. The number of hydrogen-bond donors (Lipinski definition) is 3. The van der Waals surface area contributed by atoms with Gasteiger partial charge in [0.15, 0.2) is 0 Å². The molecule has 108 valence electrons. The summed E-state index contributed by atoms with van der Waals surface area (Å²) < 4.78 is 39.8. The minimum absolute atomic E-state index is 0.108. The number of sulfonamides is 1. The van der Waals surface area contributed by atoms with Gasteiger partial charge < -0.3 is 5.73 Å². The molecule has 10 heteroatoms. The highest BCUT2D eigenvalue weighted by Crippen LogP contribution is 2.26. The maximum Gasteiger partial charge on any atom is 0.241 e. The lowest BCUT2D eigenvalue weighted by molar-refractivity contribution is 0.579. The molecular weight excluding hydrogens is 353 g/mol. The lowest BCUT2D eigenvalue weighted by atomic mass is 10.3. The van der Waals surface area contributed by atoms with E-state index in [4.69, 9.17) is 5.73 Å². The topological polar surface area (TPSA) is 114 Å². The number of nitrogens with one attached hydrogen (secondary N) is 2. The maximum absolute atomic E-state index is 13.2. The van der Waals surface area contributed by atoms with Crippen LogP contribution >= 0.6 is 15.9 Å². The zero-order valence-corrected chi connectivity index (χ0v) is 12.5. The molecule has 0 unspecified atom stereocenters. The van der Waals surface area contributed by atoms with Gasteiger partial charge in [-0.05, 0) is 28.1 Å². The highest BCUT2D eigenvalue weighted by Gasteiger charge is 2.19. The number of benzene rings is 1. The Bertz CT molecular complexity index is 705. The van der Waals surface area contributed by atoms with E-state index in [9.17, 15) is 12.8 Å². The first-order chi connectivity index (χ1) is 9.40. The number of halogens is 2. The van der Waals surface area contributed by atoms with Crippen molar-refractivity contribution in [3.8, 4) is 0 Å². The van der Waals surface area contributed by atoms with Crippen LogP contribution in [0.5, 0.6) is 0 Å². The van der Waals surface area contributed by atoms with E-state index in [1.54, 1.807) is 0 Å². The van der Waals surface area contributed by atoms with Crippen molar-refractivity contribution in [1.29, 1.82) is 0 Å². The van der Waals surface area contributed by atoms with Crippen molar-refractivity contribution < 1.29 is 12.8 Å². The van der Waals surface area contributed by atoms with Crippen LogP contribution in [0, 0.1) is 5.82 Å². The first-order valence-electron chi connectivity index (χ1n) is 5.48. The van der Waals surface area contributed by atoms with E-state index in [0.29, 0.717) is 12.2 Å². The average Bonchev–Trinajstić information content (AvgIpc) is 2.86. The third-order valence-corrected chi connectivity index (χ3v) is 4.88. The van der Waals surface area contributed by atoms with Crippen LogP contribution in [-0.2, 0) is 16.4 Å². The van der Waals surface area contributed by atoms with Gasteiger partial charge in [-0.25, -0.2) is 22.5 Å². The van der Waals surface area contributed by atoms with Crippen LogP contribution in [0.1, 0.15) is 5.82 Å². The Morgan fingerprint density at radius 2 is 2.20 bits per heavy atom. The molecule has 2 aromatic rings. The summed E-state index contributed by atoms with van der Waals surface area (Å²) in [6.45, 7) is 0.126. The number of aromatic nitrogens is 3. The van der Waals surface area contributed by atoms with Crippen LogP contribution in [-0.4, -0.2) is 30.1 Å². The lowest BCUT2D eigenvalue weighted by Gasteiger charge is -2.09. The van der Waals surface area contributed by atoms with Crippen LogP contribution in [0.15, 0.2) is 27.8 Å². The fraction of sp³-hybridized carbons (Fsp3) is 0.200. The third-order valence-electron chi connectivity index (χ3n) is 2.46. The van der Waals surface area contributed by atoms with Crippen LogP contribution < -0.4 is 10.5 Å². The van der Waals surface area contributed by atoms with E-state index in [2.05, 4.69) is 35.8 Å². The monoisotopic (exact) mass is 363 g/mol. The molecule has 0 bridgehead atoms. The van der Waals surface area contributed by atoms with E-state index in [1.807, 2.05) is 0 Å². The maximum atomic E-state index is 13.2. The highest BCUT2D eigenvalue weighted by molar-refractivity contribution is 9.10. The Morgan fingerprint density at radius 3 is 2.85 bits per heavy atom. The summed E-state index contributed by atoms with van der Waals surface area (Å²) in [5, 5.41) is 6.27. The first kappa shape index (κ1) is 14.9. The van der Waals surface area contributed by atoms with Gasteiger partial charge in [-0.15, -0.1) is 0 Å². The van der Waals surface area contributed by atoms with Crippen molar-refractivity contribution in [1.82, 2.24) is 19.9 Å².